The third-order valence-electron chi connectivity index (χ3n) is 2.33. The van der Waals surface area contributed by atoms with E-state index in [1.807, 2.05) is 18.2 Å². The lowest BCUT2D eigenvalue weighted by molar-refractivity contribution is -0.146. The van der Waals surface area contributed by atoms with Crippen molar-refractivity contribution in [2.24, 2.45) is 5.92 Å². The quantitative estimate of drug-likeness (QED) is 0.804. The summed E-state index contributed by atoms with van der Waals surface area (Å²) in [7, 11) is 0. The van der Waals surface area contributed by atoms with Gasteiger partial charge in [-0.05, 0) is 37.6 Å². The number of hydrogen-bond acceptors (Lipinski definition) is 4. The van der Waals surface area contributed by atoms with Gasteiger partial charge in [-0.3, -0.25) is 4.79 Å². The highest BCUT2D eigenvalue weighted by atomic mass is 35.5. The highest BCUT2D eigenvalue weighted by molar-refractivity contribution is 6.30. The van der Waals surface area contributed by atoms with Gasteiger partial charge in [0, 0.05) is 17.3 Å². The van der Waals surface area contributed by atoms with Crippen LogP contribution < -0.4 is 5.32 Å². The molecule has 0 heterocycles. The van der Waals surface area contributed by atoms with E-state index >= 15 is 0 Å². The number of carbonyl (C=O) groups excluding carboxylic acids is 1. The molecule has 0 aliphatic heterocycles. The number of carbonyl (C=O) groups is 1. The van der Waals surface area contributed by atoms with Crippen molar-refractivity contribution >= 4 is 23.3 Å². The van der Waals surface area contributed by atoms with E-state index < -0.39 is 11.9 Å². The molecule has 18 heavy (non-hydrogen) atoms. The number of anilines is 1. The minimum Gasteiger partial charge on any atom is -0.465 e. The fourth-order valence-electron chi connectivity index (χ4n) is 1.41. The van der Waals surface area contributed by atoms with E-state index in [2.05, 4.69) is 5.32 Å². The van der Waals surface area contributed by atoms with Gasteiger partial charge in [0.25, 0.3) is 0 Å². The summed E-state index contributed by atoms with van der Waals surface area (Å²) in [5, 5.41) is 12.6. The lowest BCUT2D eigenvalue weighted by Crippen LogP contribution is -2.19. The molecule has 1 N–H and O–H groups in total. The Kier molecular flexibility index (Phi) is 6.03. The molecule has 5 heteroatoms. The fourth-order valence-corrected chi connectivity index (χ4v) is 1.53. The molecule has 0 bridgehead atoms. The Hall–Kier alpha value is -1.73. The van der Waals surface area contributed by atoms with Gasteiger partial charge in [-0.2, -0.15) is 5.26 Å². The van der Waals surface area contributed by atoms with Gasteiger partial charge in [0.2, 0.25) is 0 Å². The van der Waals surface area contributed by atoms with Gasteiger partial charge < -0.3 is 10.1 Å². The second kappa shape index (κ2) is 7.57. The van der Waals surface area contributed by atoms with E-state index in [9.17, 15) is 4.79 Å². The minimum absolute atomic E-state index is 0.293. The van der Waals surface area contributed by atoms with Crippen molar-refractivity contribution in [3.8, 4) is 6.07 Å². The van der Waals surface area contributed by atoms with Gasteiger partial charge in [-0.25, -0.2) is 0 Å². The van der Waals surface area contributed by atoms with Crippen LogP contribution in [0.1, 0.15) is 13.3 Å². The molecule has 1 aromatic rings. The second-order valence-electron chi connectivity index (χ2n) is 3.66. The van der Waals surface area contributed by atoms with Gasteiger partial charge in [-0.15, -0.1) is 0 Å². The van der Waals surface area contributed by atoms with E-state index in [-0.39, 0.29) is 0 Å². The Morgan fingerprint density at radius 2 is 2.17 bits per heavy atom. The summed E-state index contributed by atoms with van der Waals surface area (Å²) in [4.78, 5) is 11.4. The minimum atomic E-state index is -0.718. The number of nitriles is 1. The van der Waals surface area contributed by atoms with Crippen LogP contribution in [-0.4, -0.2) is 19.1 Å². The van der Waals surface area contributed by atoms with Crippen molar-refractivity contribution in [3.63, 3.8) is 0 Å². The SMILES string of the molecule is CCOC(=O)C(C#N)CCNc1ccc(Cl)cc1. The molecule has 4 nitrogen and oxygen atoms in total. The highest BCUT2D eigenvalue weighted by Gasteiger charge is 2.18. The van der Waals surface area contributed by atoms with Crippen LogP contribution in [0.3, 0.4) is 0 Å². The normalized spacial score (nSPS) is 11.4. The summed E-state index contributed by atoms with van der Waals surface area (Å²) in [6.07, 6.45) is 0.415. The zero-order chi connectivity index (χ0) is 13.4. The highest BCUT2D eigenvalue weighted by Crippen LogP contribution is 2.14. The molecule has 0 spiro atoms. The van der Waals surface area contributed by atoms with E-state index in [0.29, 0.717) is 24.6 Å². The zero-order valence-electron chi connectivity index (χ0n) is 10.1. The molecule has 0 aliphatic rings. The number of hydrogen-bond donors (Lipinski definition) is 1. The fraction of sp³-hybridized carbons (Fsp3) is 0.385. The molecular formula is C13H15ClN2O2. The topological polar surface area (TPSA) is 62.1 Å². The van der Waals surface area contributed by atoms with E-state index in [1.165, 1.54) is 0 Å². The van der Waals surface area contributed by atoms with Gasteiger partial charge in [0.05, 0.1) is 12.7 Å². The molecule has 0 fully saturated rings. The Balaban J connectivity index is 2.38. The third-order valence-corrected chi connectivity index (χ3v) is 2.59. The number of halogens is 1. The van der Waals surface area contributed by atoms with Crippen molar-refractivity contribution in [1.29, 1.82) is 5.26 Å². The number of nitrogens with one attached hydrogen (secondary N) is 1. The molecule has 0 radical (unpaired) electrons. The van der Waals surface area contributed by atoms with Gasteiger partial charge in [0.1, 0.15) is 5.92 Å². The Labute approximate surface area is 112 Å². The largest absolute Gasteiger partial charge is 0.465 e. The first-order valence-electron chi connectivity index (χ1n) is 5.73. The molecule has 0 saturated heterocycles. The molecule has 1 aromatic carbocycles. The van der Waals surface area contributed by atoms with Crippen molar-refractivity contribution in [1.82, 2.24) is 0 Å². The molecule has 0 amide bonds. The summed E-state index contributed by atoms with van der Waals surface area (Å²) in [6.45, 7) is 2.54. The number of esters is 1. The van der Waals surface area contributed by atoms with E-state index in [0.717, 1.165) is 5.69 Å². The Bertz CT molecular complexity index is 426. The zero-order valence-corrected chi connectivity index (χ0v) is 10.9. The summed E-state index contributed by atoms with van der Waals surface area (Å²) in [5.41, 5.74) is 0.903. The second-order valence-corrected chi connectivity index (χ2v) is 4.09. The lowest BCUT2D eigenvalue weighted by Gasteiger charge is -2.10. The molecule has 1 atom stereocenters. The van der Waals surface area contributed by atoms with Crippen molar-refractivity contribution in [3.05, 3.63) is 29.3 Å². The number of benzene rings is 1. The van der Waals surface area contributed by atoms with Crippen molar-refractivity contribution in [2.75, 3.05) is 18.5 Å². The average Bonchev–Trinajstić information content (AvgIpc) is 2.37. The van der Waals surface area contributed by atoms with Crippen LogP contribution in [0.4, 0.5) is 5.69 Å². The lowest BCUT2D eigenvalue weighted by atomic mass is 10.1. The first-order valence-corrected chi connectivity index (χ1v) is 6.11. The van der Waals surface area contributed by atoms with Crippen molar-refractivity contribution < 1.29 is 9.53 Å². The first-order chi connectivity index (χ1) is 8.67. The molecule has 0 aliphatic carbocycles. The number of nitrogens with zero attached hydrogens (tertiary/aromatic N) is 1. The molecular weight excluding hydrogens is 252 g/mol. The van der Waals surface area contributed by atoms with Crippen LogP contribution in [0.5, 0.6) is 0 Å². The molecule has 96 valence electrons. The maximum Gasteiger partial charge on any atom is 0.323 e. The van der Waals surface area contributed by atoms with Gasteiger partial charge >= 0.3 is 5.97 Å². The van der Waals surface area contributed by atoms with Crippen LogP contribution in [0.25, 0.3) is 0 Å². The standard InChI is InChI=1S/C13H15ClN2O2/c1-2-18-13(17)10(9-15)7-8-16-12-5-3-11(14)4-6-12/h3-6,10,16H,2,7-8H2,1H3. The van der Waals surface area contributed by atoms with E-state index in [4.69, 9.17) is 21.6 Å². The van der Waals surface area contributed by atoms with Crippen LogP contribution in [0, 0.1) is 17.2 Å². The molecule has 1 unspecified atom stereocenters. The number of ether oxygens (including phenoxy) is 1. The maximum absolute atomic E-state index is 11.4. The van der Waals surface area contributed by atoms with Gasteiger partial charge in [-0.1, -0.05) is 11.6 Å². The van der Waals surface area contributed by atoms with Crippen LogP contribution in [0.15, 0.2) is 24.3 Å². The predicted octanol–water partition coefficient (Wildman–Crippen LogP) is 2.84. The number of rotatable bonds is 6. The smallest absolute Gasteiger partial charge is 0.323 e. The Morgan fingerprint density at radius 3 is 2.72 bits per heavy atom. The maximum atomic E-state index is 11.4. The summed E-state index contributed by atoms with van der Waals surface area (Å²) < 4.78 is 4.81. The summed E-state index contributed by atoms with van der Waals surface area (Å²) in [6, 6.07) is 9.18. The van der Waals surface area contributed by atoms with E-state index in [1.54, 1.807) is 19.1 Å². The van der Waals surface area contributed by atoms with Crippen molar-refractivity contribution in [2.45, 2.75) is 13.3 Å². The predicted molar refractivity (Wildman–Crippen MR) is 70.3 cm³/mol. The summed E-state index contributed by atoms with van der Waals surface area (Å²) in [5.74, 6) is -1.18. The average molecular weight is 267 g/mol. The molecule has 0 aromatic heterocycles. The monoisotopic (exact) mass is 266 g/mol. The third kappa shape index (κ3) is 4.64. The molecule has 1 rings (SSSR count). The first kappa shape index (κ1) is 14.3. The van der Waals surface area contributed by atoms with Crippen LogP contribution in [0.2, 0.25) is 5.02 Å². The Morgan fingerprint density at radius 1 is 1.50 bits per heavy atom. The molecule has 0 saturated carbocycles. The summed E-state index contributed by atoms with van der Waals surface area (Å²) >= 11 is 5.76. The van der Waals surface area contributed by atoms with Crippen LogP contribution >= 0.6 is 11.6 Å². The van der Waals surface area contributed by atoms with Gasteiger partial charge in [0.15, 0.2) is 0 Å². The van der Waals surface area contributed by atoms with Crippen LogP contribution in [-0.2, 0) is 9.53 Å².